The van der Waals surface area contributed by atoms with E-state index in [4.69, 9.17) is 5.73 Å². The first-order valence-corrected chi connectivity index (χ1v) is 7.96. The summed E-state index contributed by atoms with van der Waals surface area (Å²) in [6.07, 6.45) is 0.773. The molecule has 8 heteroatoms. The van der Waals surface area contributed by atoms with Crippen molar-refractivity contribution in [2.75, 3.05) is 39.8 Å². The van der Waals surface area contributed by atoms with Gasteiger partial charge in [0.2, 0.25) is 10.0 Å². The number of benzene rings is 1. The molecule has 21 heavy (non-hydrogen) atoms. The molecule has 1 aromatic rings. The number of halogens is 2. The number of likely N-dealkylation sites (N-methyl/N-ethyl adjacent to an activating group) is 1. The Morgan fingerprint density at radius 3 is 2.05 bits per heavy atom. The van der Waals surface area contributed by atoms with Crippen LogP contribution in [-0.4, -0.2) is 57.4 Å². The number of hydrogen-bond donors (Lipinski definition) is 1. The van der Waals surface area contributed by atoms with E-state index < -0.39 is 10.0 Å². The van der Waals surface area contributed by atoms with Gasteiger partial charge in [0.15, 0.2) is 0 Å². The normalized spacial score (nSPS) is 16.9. The molecule has 2 N–H and O–H groups in total. The minimum Gasteiger partial charge on any atom is -0.330 e. The van der Waals surface area contributed by atoms with E-state index in [1.54, 1.807) is 16.4 Å². The predicted octanol–water partition coefficient (Wildman–Crippen LogP) is 0.968. The maximum atomic E-state index is 12.4. The number of rotatable bonds is 4. The zero-order chi connectivity index (χ0) is 13.9. The number of piperazine rings is 1. The summed E-state index contributed by atoms with van der Waals surface area (Å²) in [5.74, 6) is 0. The first-order valence-electron chi connectivity index (χ1n) is 6.52. The van der Waals surface area contributed by atoms with E-state index in [0.29, 0.717) is 24.5 Å². The molecule has 0 bridgehead atoms. The molecule has 1 fully saturated rings. The van der Waals surface area contributed by atoms with E-state index in [2.05, 4.69) is 4.90 Å². The van der Waals surface area contributed by atoms with Crippen LogP contribution in [0.1, 0.15) is 5.56 Å². The molecule has 1 aliphatic heterocycles. The third-order valence-electron chi connectivity index (χ3n) is 3.46. The number of sulfonamides is 1. The first kappa shape index (κ1) is 20.6. The van der Waals surface area contributed by atoms with Crippen LogP contribution in [0.5, 0.6) is 0 Å². The average Bonchev–Trinajstić information content (AvgIpc) is 2.40. The SMILES string of the molecule is CN1CCN(S(=O)(=O)c2ccc(CCN)cc2)CC1.Cl.Cl. The summed E-state index contributed by atoms with van der Waals surface area (Å²) in [6.45, 7) is 3.26. The van der Waals surface area contributed by atoms with Gasteiger partial charge in [-0.3, -0.25) is 0 Å². The maximum Gasteiger partial charge on any atom is 0.243 e. The van der Waals surface area contributed by atoms with E-state index in [0.717, 1.165) is 25.1 Å². The zero-order valence-corrected chi connectivity index (χ0v) is 14.5. The molecule has 1 aromatic carbocycles. The largest absolute Gasteiger partial charge is 0.330 e. The molecular weight excluding hydrogens is 333 g/mol. The van der Waals surface area contributed by atoms with Gasteiger partial charge in [0.05, 0.1) is 4.90 Å². The van der Waals surface area contributed by atoms with Gasteiger partial charge in [0.1, 0.15) is 0 Å². The number of nitrogens with two attached hydrogens (primary N) is 1. The van der Waals surface area contributed by atoms with Gasteiger partial charge in [0, 0.05) is 26.2 Å². The van der Waals surface area contributed by atoms with Gasteiger partial charge in [-0.05, 0) is 37.7 Å². The van der Waals surface area contributed by atoms with Gasteiger partial charge in [0.25, 0.3) is 0 Å². The van der Waals surface area contributed by atoms with Crippen LogP contribution in [-0.2, 0) is 16.4 Å². The van der Waals surface area contributed by atoms with E-state index in [9.17, 15) is 8.42 Å². The highest BCUT2D eigenvalue weighted by Crippen LogP contribution is 2.18. The number of hydrogen-bond acceptors (Lipinski definition) is 4. The Labute approximate surface area is 139 Å². The van der Waals surface area contributed by atoms with Crippen LogP contribution in [0.15, 0.2) is 29.2 Å². The summed E-state index contributed by atoms with van der Waals surface area (Å²) in [6, 6.07) is 7.04. The molecule has 0 amide bonds. The van der Waals surface area contributed by atoms with Crippen molar-refractivity contribution in [1.29, 1.82) is 0 Å². The monoisotopic (exact) mass is 355 g/mol. The highest BCUT2D eigenvalue weighted by atomic mass is 35.5. The highest BCUT2D eigenvalue weighted by Gasteiger charge is 2.27. The third kappa shape index (κ3) is 5.09. The summed E-state index contributed by atoms with van der Waals surface area (Å²) < 4.78 is 26.5. The van der Waals surface area contributed by atoms with Crippen LogP contribution in [0.25, 0.3) is 0 Å². The lowest BCUT2D eigenvalue weighted by Gasteiger charge is -2.31. The average molecular weight is 356 g/mol. The third-order valence-corrected chi connectivity index (χ3v) is 5.37. The molecule has 0 radical (unpaired) electrons. The van der Waals surface area contributed by atoms with Crippen molar-refractivity contribution in [3.63, 3.8) is 0 Å². The van der Waals surface area contributed by atoms with E-state index in [1.807, 2.05) is 19.2 Å². The van der Waals surface area contributed by atoms with Gasteiger partial charge >= 0.3 is 0 Å². The minimum absolute atomic E-state index is 0. The van der Waals surface area contributed by atoms with Crippen LogP contribution < -0.4 is 5.73 Å². The molecule has 1 aliphatic rings. The second kappa shape index (κ2) is 8.92. The summed E-state index contributed by atoms with van der Waals surface area (Å²) in [5, 5.41) is 0. The Balaban J connectivity index is 0.00000200. The van der Waals surface area contributed by atoms with Gasteiger partial charge in [-0.15, -0.1) is 24.8 Å². The molecular formula is C13H23Cl2N3O2S. The Kier molecular flexibility index (Phi) is 8.77. The van der Waals surface area contributed by atoms with Gasteiger partial charge < -0.3 is 10.6 Å². The fraction of sp³-hybridized carbons (Fsp3) is 0.538. The topological polar surface area (TPSA) is 66.6 Å². The molecule has 2 rings (SSSR count). The lowest BCUT2D eigenvalue weighted by Crippen LogP contribution is -2.46. The van der Waals surface area contributed by atoms with Crippen LogP contribution >= 0.6 is 24.8 Å². The van der Waals surface area contributed by atoms with Gasteiger partial charge in [-0.1, -0.05) is 12.1 Å². The fourth-order valence-electron chi connectivity index (χ4n) is 2.17. The fourth-order valence-corrected chi connectivity index (χ4v) is 3.59. The van der Waals surface area contributed by atoms with Crippen LogP contribution in [0.3, 0.4) is 0 Å². The van der Waals surface area contributed by atoms with Crippen molar-refractivity contribution in [1.82, 2.24) is 9.21 Å². The second-order valence-electron chi connectivity index (χ2n) is 4.89. The van der Waals surface area contributed by atoms with Gasteiger partial charge in [-0.25, -0.2) is 8.42 Å². The number of nitrogens with zero attached hydrogens (tertiary/aromatic N) is 2. The van der Waals surface area contributed by atoms with Crippen molar-refractivity contribution in [3.8, 4) is 0 Å². The van der Waals surface area contributed by atoms with Crippen molar-refractivity contribution >= 4 is 34.8 Å². The maximum absolute atomic E-state index is 12.4. The van der Waals surface area contributed by atoms with Crippen LogP contribution in [0, 0.1) is 0 Å². The van der Waals surface area contributed by atoms with Crippen molar-refractivity contribution in [3.05, 3.63) is 29.8 Å². The first-order chi connectivity index (χ1) is 9.04. The Morgan fingerprint density at radius 2 is 1.57 bits per heavy atom. The molecule has 122 valence electrons. The van der Waals surface area contributed by atoms with E-state index in [-0.39, 0.29) is 24.8 Å². The molecule has 0 atom stereocenters. The van der Waals surface area contributed by atoms with Crippen LogP contribution in [0.4, 0.5) is 0 Å². The minimum atomic E-state index is -3.34. The summed E-state index contributed by atoms with van der Waals surface area (Å²) in [4.78, 5) is 2.51. The lowest BCUT2D eigenvalue weighted by atomic mass is 10.2. The van der Waals surface area contributed by atoms with Crippen molar-refractivity contribution < 1.29 is 8.42 Å². The van der Waals surface area contributed by atoms with E-state index >= 15 is 0 Å². The molecule has 0 saturated carbocycles. The predicted molar refractivity (Wildman–Crippen MR) is 90.0 cm³/mol. The molecule has 0 aromatic heterocycles. The van der Waals surface area contributed by atoms with E-state index in [1.165, 1.54) is 0 Å². The molecule has 1 saturated heterocycles. The quantitative estimate of drug-likeness (QED) is 0.873. The van der Waals surface area contributed by atoms with Crippen molar-refractivity contribution in [2.24, 2.45) is 5.73 Å². The smallest absolute Gasteiger partial charge is 0.243 e. The van der Waals surface area contributed by atoms with Crippen molar-refractivity contribution in [2.45, 2.75) is 11.3 Å². The van der Waals surface area contributed by atoms with Gasteiger partial charge in [-0.2, -0.15) is 4.31 Å². The standard InChI is InChI=1S/C13H21N3O2S.2ClH/c1-15-8-10-16(11-9-15)19(17,18)13-4-2-12(3-5-13)6-7-14;;/h2-5H,6-11,14H2,1H3;2*1H. The Hall–Kier alpha value is -0.370. The molecule has 0 aliphatic carbocycles. The zero-order valence-electron chi connectivity index (χ0n) is 12.1. The van der Waals surface area contributed by atoms with Crippen LogP contribution in [0.2, 0.25) is 0 Å². The summed E-state index contributed by atoms with van der Waals surface area (Å²) in [7, 11) is -1.34. The molecule has 0 spiro atoms. The molecule has 5 nitrogen and oxygen atoms in total. The lowest BCUT2D eigenvalue weighted by molar-refractivity contribution is 0.222. The Bertz CT molecular complexity index is 515. The molecule has 1 heterocycles. The molecule has 0 unspecified atom stereocenters. The summed E-state index contributed by atoms with van der Waals surface area (Å²) >= 11 is 0. The second-order valence-corrected chi connectivity index (χ2v) is 6.83. The summed E-state index contributed by atoms with van der Waals surface area (Å²) in [5.41, 5.74) is 6.55. The highest BCUT2D eigenvalue weighted by molar-refractivity contribution is 7.89. The Morgan fingerprint density at radius 1 is 1.05 bits per heavy atom.